The first-order valence-electron chi connectivity index (χ1n) is 11.3. The lowest BCUT2D eigenvalue weighted by molar-refractivity contribution is -0.117. The molecule has 3 amide bonds. The van der Waals surface area contributed by atoms with Gasteiger partial charge < -0.3 is 10.2 Å². The van der Waals surface area contributed by atoms with Gasteiger partial charge in [0.2, 0.25) is 5.91 Å². The summed E-state index contributed by atoms with van der Waals surface area (Å²) < 4.78 is 0. The van der Waals surface area contributed by atoms with Crippen molar-refractivity contribution in [1.29, 1.82) is 0 Å². The predicted octanol–water partition coefficient (Wildman–Crippen LogP) is 6.30. The molecule has 1 N–H and O–H groups in total. The smallest absolute Gasteiger partial charge is 0.324 e. The Labute approximate surface area is 200 Å². The van der Waals surface area contributed by atoms with Gasteiger partial charge in [0, 0.05) is 25.3 Å². The Morgan fingerprint density at radius 2 is 1.70 bits per heavy atom. The van der Waals surface area contributed by atoms with E-state index in [2.05, 4.69) is 5.32 Å². The molecule has 0 bridgehead atoms. The third-order valence-electron chi connectivity index (χ3n) is 5.97. The van der Waals surface area contributed by atoms with Crippen LogP contribution >= 0.6 is 11.6 Å². The molecule has 170 valence electrons. The first-order chi connectivity index (χ1) is 16.1. The second kappa shape index (κ2) is 10.5. The molecule has 1 atom stereocenters. The van der Waals surface area contributed by atoms with Crippen LogP contribution in [0.4, 0.5) is 16.2 Å². The van der Waals surface area contributed by atoms with Crippen LogP contribution in [-0.4, -0.2) is 29.9 Å². The largest absolute Gasteiger partial charge is 0.324 e. The van der Waals surface area contributed by atoms with E-state index in [0.29, 0.717) is 30.2 Å². The minimum atomic E-state index is -0.274. The Morgan fingerprint density at radius 3 is 2.39 bits per heavy atom. The number of benzene rings is 3. The van der Waals surface area contributed by atoms with Crippen molar-refractivity contribution in [3.05, 3.63) is 95.0 Å². The minimum Gasteiger partial charge on any atom is -0.324 e. The highest BCUT2D eigenvalue weighted by molar-refractivity contribution is 6.34. The van der Waals surface area contributed by atoms with Gasteiger partial charge in [0.05, 0.1) is 16.6 Å². The normalized spacial score (nSPS) is 14.8. The summed E-state index contributed by atoms with van der Waals surface area (Å²) in [4.78, 5) is 29.9. The number of anilines is 2. The van der Waals surface area contributed by atoms with Gasteiger partial charge in [-0.2, -0.15) is 0 Å². The number of nitrogens with one attached hydrogen (secondary N) is 1. The molecule has 6 heteroatoms. The van der Waals surface area contributed by atoms with Gasteiger partial charge in [-0.3, -0.25) is 9.69 Å². The van der Waals surface area contributed by atoms with Crippen LogP contribution in [0.1, 0.15) is 36.8 Å². The second-order valence-corrected chi connectivity index (χ2v) is 8.63. The average molecular weight is 462 g/mol. The van der Waals surface area contributed by atoms with Crippen molar-refractivity contribution >= 4 is 34.9 Å². The second-order valence-electron chi connectivity index (χ2n) is 8.22. The van der Waals surface area contributed by atoms with Gasteiger partial charge >= 0.3 is 6.03 Å². The average Bonchev–Trinajstić information content (AvgIpc) is 2.84. The van der Waals surface area contributed by atoms with Crippen LogP contribution in [0.2, 0.25) is 5.02 Å². The maximum absolute atomic E-state index is 13.2. The molecule has 1 fully saturated rings. The zero-order chi connectivity index (χ0) is 23.2. The van der Waals surface area contributed by atoms with E-state index in [0.717, 1.165) is 29.8 Å². The zero-order valence-electron chi connectivity index (χ0n) is 18.7. The maximum atomic E-state index is 13.2. The number of rotatable bonds is 7. The summed E-state index contributed by atoms with van der Waals surface area (Å²) in [6.45, 7) is 3.91. The monoisotopic (exact) mass is 461 g/mol. The zero-order valence-corrected chi connectivity index (χ0v) is 19.5. The molecule has 0 spiro atoms. The van der Waals surface area contributed by atoms with Gasteiger partial charge in [0.25, 0.3) is 0 Å². The van der Waals surface area contributed by atoms with Gasteiger partial charge in [-0.05, 0) is 42.2 Å². The van der Waals surface area contributed by atoms with E-state index in [-0.39, 0.29) is 17.9 Å². The molecule has 1 aliphatic rings. The summed E-state index contributed by atoms with van der Waals surface area (Å²) in [5.41, 5.74) is 3.31. The first-order valence-corrected chi connectivity index (χ1v) is 11.7. The quantitative estimate of drug-likeness (QED) is 0.448. The van der Waals surface area contributed by atoms with Gasteiger partial charge in [-0.15, -0.1) is 0 Å². The van der Waals surface area contributed by atoms with Crippen LogP contribution in [0.3, 0.4) is 0 Å². The number of halogens is 1. The molecule has 0 aliphatic carbocycles. The molecule has 1 saturated heterocycles. The molecule has 0 saturated carbocycles. The number of hydrogen-bond acceptors (Lipinski definition) is 2. The van der Waals surface area contributed by atoms with Crippen molar-refractivity contribution in [2.24, 2.45) is 0 Å². The lowest BCUT2D eigenvalue weighted by Gasteiger charge is -2.36. The fourth-order valence-corrected chi connectivity index (χ4v) is 4.39. The summed E-state index contributed by atoms with van der Waals surface area (Å²) in [7, 11) is 0. The molecule has 1 unspecified atom stereocenters. The lowest BCUT2D eigenvalue weighted by atomic mass is 9.95. The molecule has 4 rings (SSSR count). The highest BCUT2D eigenvalue weighted by Crippen LogP contribution is 2.31. The van der Waals surface area contributed by atoms with Gasteiger partial charge in [0.1, 0.15) is 0 Å². The third-order valence-corrected chi connectivity index (χ3v) is 6.30. The molecule has 3 aromatic carbocycles. The van der Waals surface area contributed by atoms with Crippen LogP contribution in [-0.2, 0) is 11.3 Å². The number of carbonyl (C=O) groups is 2. The molecule has 5 nitrogen and oxygen atoms in total. The molecule has 33 heavy (non-hydrogen) atoms. The number of urea groups is 1. The van der Waals surface area contributed by atoms with Crippen LogP contribution in [0.25, 0.3) is 0 Å². The van der Waals surface area contributed by atoms with Gasteiger partial charge in [-0.1, -0.05) is 79.2 Å². The Morgan fingerprint density at radius 1 is 1.00 bits per heavy atom. The van der Waals surface area contributed by atoms with Crippen LogP contribution in [0.5, 0.6) is 0 Å². The van der Waals surface area contributed by atoms with E-state index in [1.54, 1.807) is 17.0 Å². The van der Waals surface area contributed by atoms with Crippen molar-refractivity contribution < 1.29 is 9.59 Å². The Bertz CT molecular complexity index is 1100. The summed E-state index contributed by atoms with van der Waals surface area (Å²) in [5, 5.41) is 3.43. The lowest BCUT2D eigenvalue weighted by Crippen LogP contribution is -2.49. The standard InChI is InChI=1S/C27H28ClN3O2/c1-2-23(21-12-7-4-8-13-21)26(32)29-25-18-22(14-15-24(25)28)31-17-9-16-30(27(31)33)19-20-10-5-3-6-11-20/h3-8,10-15,18,23H,2,9,16-17,19H2,1H3,(H,29,32). The molecule has 1 aliphatic heterocycles. The van der Waals surface area contributed by atoms with E-state index in [1.165, 1.54) is 0 Å². The van der Waals surface area contributed by atoms with Crippen molar-refractivity contribution in [1.82, 2.24) is 4.90 Å². The van der Waals surface area contributed by atoms with E-state index in [1.807, 2.05) is 78.6 Å². The molecule has 1 heterocycles. The van der Waals surface area contributed by atoms with Crippen molar-refractivity contribution in [2.75, 3.05) is 23.3 Å². The van der Waals surface area contributed by atoms with Crippen LogP contribution < -0.4 is 10.2 Å². The molecular formula is C27H28ClN3O2. The highest BCUT2D eigenvalue weighted by Gasteiger charge is 2.27. The van der Waals surface area contributed by atoms with Crippen molar-refractivity contribution in [3.8, 4) is 0 Å². The Hall–Kier alpha value is -3.31. The predicted molar refractivity (Wildman–Crippen MR) is 134 cm³/mol. The SMILES string of the molecule is CCC(C(=O)Nc1cc(N2CCCN(Cc3ccccc3)C2=O)ccc1Cl)c1ccccc1. The number of hydrogen-bond donors (Lipinski definition) is 1. The highest BCUT2D eigenvalue weighted by atomic mass is 35.5. The van der Waals surface area contributed by atoms with E-state index < -0.39 is 0 Å². The molecular weight excluding hydrogens is 434 g/mol. The Balaban J connectivity index is 1.51. The summed E-state index contributed by atoms with van der Waals surface area (Å²) in [6.07, 6.45) is 1.54. The van der Waals surface area contributed by atoms with E-state index in [9.17, 15) is 9.59 Å². The van der Waals surface area contributed by atoms with Gasteiger partial charge in [0.15, 0.2) is 0 Å². The third kappa shape index (κ3) is 5.37. The van der Waals surface area contributed by atoms with Crippen molar-refractivity contribution in [2.45, 2.75) is 32.2 Å². The minimum absolute atomic E-state index is 0.0413. The molecule has 0 radical (unpaired) electrons. The fourth-order valence-electron chi connectivity index (χ4n) is 4.23. The first kappa shape index (κ1) is 22.9. The number of amides is 3. The summed E-state index contributed by atoms with van der Waals surface area (Å²) in [6, 6.07) is 25.0. The van der Waals surface area contributed by atoms with Crippen LogP contribution in [0.15, 0.2) is 78.9 Å². The Kier molecular flexibility index (Phi) is 7.30. The van der Waals surface area contributed by atoms with Gasteiger partial charge in [-0.25, -0.2) is 4.79 Å². The maximum Gasteiger partial charge on any atom is 0.324 e. The summed E-state index contributed by atoms with van der Waals surface area (Å²) in [5.74, 6) is -0.387. The summed E-state index contributed by atoms with van der Waals surface area (Å²) >= 11 is 6.42. The van der Waals surface area contributed by atoms with Crippen molar-refractivity contribution in [3.63, 3.8) is 0 Å². The van der Waals surface area contributed by atoms with E-state index >= 15 is 0 Å². The van der Waals surface area contributed by atoms with Crippen LogP contribution in [0, 0.1) is 0 Å². The van der Waals surface area contributed by atoms with E-state index in [4.69, 9.17) is 11.6 Å². The molecule has 0 aromatic heterocycles. The molecule has 3 aromatic rings. The topological polar surface area (TPSA) is 52.7 Å². The fraction of sp³-hybridized carbons (Fsp3) is 0.259. The number of carbonyl (C=O) groups excluding carboxylic acids is 2. The number of nitrogens with zero attached hydrogens (tertiary/aromatic N) is 2.